The molecule has 2 aliphatic rings. The summed E-state index contributed by atoms with van der Waals surface area (Å²) < 4.78 is 10.9. The van der Waals surface area contributed by atoms with E-state index in [-0.39, 0.29) is 5.56 Å². The second-order valence-electron chi connectivity index (χ2n) is 9.22. The summed E-state index contributed by atoms with van der Waals surface area (Å²) in [6.45, 7) is 6.52. The summed E-state index contributed by atoms with van der Waals surface area (Å²) in [5.41, 5.74) is 3.82. The van der Waals surface area contributed by atoms with Gasteiger partial charge in [-0.1, -0.05) is 48.5 Å². The highest BCUT2D eigenvalue weighted by molar-refractivity contribution is 5.85. The van der Waals surface area contributed by atoms with Crippen LogP contribution in [0.1, 0.15) is 22.4 Å². The zero-order chi connectivity index (χ0) is 23.8. The molecule has 7 nitrogen and oxygen atoms in total. The average Bonchev–Trinajstić information content (AvgIpc) is 3.35. The normalized spacial score (nSPS) is 15.6. The molecule has 1 N–H and O–H groups in total. The summed E-state index contributed by atoms with van der Waals surface area (Å²) in [5.74, 6) is 2.30. The molecule has 0 atom stereocenters. The van der Waals surface area contributed by atoms with Crippen molar-refractivity contribution in [2.24, 2.45) is 0 Å². The molecule has 178 valence electrons. The molecule has 3 aromatic carbocycles. The first-order chi connectivity index (χ1) is 17.1. The van der Waals surface area contributed by atoms with Crippen molar-refractivity contribution in [2.75, 3.05) is 37.9 Å². The van der Waals surface area contributed by atoms with Gasteiger partial charge in [-0.3, -0.25) is 14.7 Å². The predicted molar refractivity (Wildman–Crippen MR) is 136 cm³/mol. The molecule has 0 aliphatic carbocycles. The van der Waals surface area contributed by atoms with E-state index >= 15 is 0 Å². The smallest absolute Gasteiger partial charge is 0.256 e. The summed E-state index contributed by atoms with van der Waals surface area (Å²) in [7, 11) is 0. The van der Waals surface area contributed by atoms with Crippen LogP contribution in [-0.4, -0.2) is 47.8 Å². The number of hydrogen-bond donors (Lipinski definition) is 1. The molecule has 0 spiro atoms. The van der Waals surface area contributed by atoms with E-state index in [9.17, 15) is 4.79 Å². The maximum Gasteiger partial charge on any atom is 0.256 e. The van der Waals surface area contributed by atoms with Gasteiger partial charge in [0.25, 0.3) is 5.56 Å². The lowest BCUT2D eigenvalue weighted by molar-refractivity contribution is 0.174. The van der Waals surface area contributed by atoms with Gasteiger partial charge in [0.1, 0.15) is 0 Å². The van der Waals surface area contributed by atoms with Gasteiger partial charge in [-0.05, 0) is 41.0 Å². The highest BCUT2D eigenvalue weighted by Gasteiger charge is 2.21. The number of ether oxygens (including phenoxy) is 2. The lowest BCUT2D eigenvalue weighted by Crippen LogP contribution is -2.47. The number of aryl methyl sites for hydroxylation is 1. The largest absolute Gasteiger partial charge is 0.454 e. The topological polar surface area (TPSA) is 70.7 Å². The zero-order valence-electron chi connectivity index (χ0n) is 19.8. The Morgan fingerprint density at radius 1 is 0.943 bits per heavy atom. The van der Waals surface area contributed by atoms with Gasteiger partial charge < -0.3 is 14.4 Å². The molecule has 1 fully saturated rings. The number of benzene rings is 3. The van der Waals surface area contributed by atoms with Crippen molar-refractivity contribution in [3.8, 4) is 11.5 Å². The van der Waals surface area contributed by atoms with E-state index in [1.165, 1.54) is 16.3 Å². The Bertz CT molecular complexity index is 1430. The fourth-order valence-electron chi connectivity index (χ4n) is 5.01. The maximum atomic E-state index is 13.1. The van der Waals surface area contributed by atoms with Crippen molar-refractivity contribution in [3.63, 3.8) is 0 Å². The second-order valence-corrected chi connectivity index (χ2v) is 9.22. The van der Waals surface area contributed by atoms with Gasteiger partial charge in [-0.2, -0.15) is 0 Å². The van der Waals surface area contributed by atoms with Crippen molar-refractivity contribution in [1.29, 1.82) is 0 Å². The number of anilines is 1. The van der Waals surface area contributed by atoms with E-state index in [0.29, 0.717) is 19.2 Å². The summed E-state index contributed by atoms with van der Waals surface area (Å²) >= 11 is 0. The van der Waals surface area contributed by atoms with Gasteiger partial charge in [0, 0.05) is 44.7 Å². The van der Waals surface area contributed by atoms with E-state index in [1.54, 1.807) is 0 Å². The predicted octanol–water partition coefficient (Wildman–Crippen LogP) is 3.87. The Kier molecular flexibility index (Phi) is 5.62. The van der Waals surface area contributed by atoms with Crippen LogP contribution in [0.4, 0.5) is 5.95 Å². The molecule has 1 saturated heterocycles. The minimum Gasteiger partial charge on any atom is -0.454 e. The van der Waals surface area contributed by atoms with Gasteiger partial charge in [0.15, 0.2) is 11.5 Å². The van der Waals surface area contributed by atoms with E-state index in [0.717, 1.165) is 61.0 Å². The molecule has 3 heterocycles. The Morgan fingerprint density at radius 2 is 1.74 bits per heavy atom. The van der Waals surface area contributed by atoms with Crippen LogP contribution in [0.25, 0.3) is 10.8 Å². The Morgan fingerprint density at radius 3 is 2.60 bits per heavy atom. The minimum atomic E-state index is -0.0526. The molecule has 7 heteroatoms. The molecule has 0 unspecified atom stereocenters. The van der Waals surface area contributed by atoms with Crippen molar-refractivity contribution in [2.45, 2.75) is 19.9 Å². The fraction of sp³-hybridized carbons (Fsp3) is 0.286. The fourth-order valence-corrected chi connectivity index (χ4v) is 5.01. The Balaban J connectivity index is 1.14. The van der Waals surface area contributed by atoms with E-state index in [1.807, 2.05) is 31.2 Å². The molecule has 1 aromatic heterocycles. The summed E-state index contributed by atoms with van der Waals surface area (Å²) in [6, 6.07) is 20.7. The zero-order valence-corrected chi connectivity index (χ0v) is 19.8. The van der Waals surface area contributed by atoms with Crippen molar-refractivity contribution in [3.05, 3.63) is 93.4 Å². The number of H-pyrrole nitrogens is 1. The van der Waals surface area contributed by atoms with E-state index < -0.39 is 0 Å². The minimum absolute atomic E-state index is 0.0526. The number of rotatable bonds is 5. The highest BCUT2D eigenvalue weighted by atomic mass is 16.7. The van der Waals surface area contributed by atoms with Crippen molar-refractivity contribution < 1.29 is 9.47 Å². The van der Waals surface area contributed by atoms with E-state index in [2.05, 4.69) is 51.2 Å². The van der Waals surface area contributed by atoms with Gasteiger partial charge >= 0.3 is 0 Å². The molecule has 0 saturated carbocycles. The Hall–Kier alpha value is -3.84. The lowest BCUT2D eigenvalue weighted by atomic mass is 9.98. The molecular formula is C28H28N4O3. The first-order valence-corrected chi connectivity index (χ1v) is 12.1. The first-order valence-electron chi connectivity index (χ1n) is 12.1. The lowest BCUT2D eigenvalue weighted by Gasteiger charge is -2.35. The third-order valence-corrected chi connectivity index (χ3v) is 6.97. The van der Waals surface area contributed by atoms with Crippen LogP contribution in [0.2, 0.25) is 0 Å². The average molecular weight is 469 g/mol. The molecular weight excluding hydrogens is 440 g/mol. The molecule has 0 amide bonds. The second kappa shape index (κ2) is 9.07. The van der Waals surface area contributed by atoms with Gasteiger partial charge in [0.2, 0.25) is 12.7 Å². The van der Waals surface area contributed by atoms with Gasteiger partial charge in [0.05, 0.1) is 5.69 Å². The maximum absolute atomic E-state index is 13.1. The molecule has 0 radical (unpaired) electrons. The van der Waals surface area contributed by atoms with Gasteiger partial charge in [-0.25, -0.2) is 4.98 Å². The van der Waals surface area contributed by atoms with Crippen LogP contribution in [0.15, 0.2) is 65.5 Å². The third kappa shape index (κ3) is 4.35. The van der Waals surface area contributed by atoms with Crippen molar-refractivity contribution >= 4 is 16.7 Å². The highest BCUT2D eigenvalue weighted by Crippen LogP contribution is 2.33. The number of aromatic amines is 1. The number of nitrogens with one attached hydrogen (secondary N) is 1. The molecule has 6 rings (SSSR count). The summed E-state index contributed by atoms with van der Waals surface area (Å²) in [5, 5.41) is 2.36. The quantitative estimate of drug-likeness (QED) is 0.480. The molecule has 0 bridgehead atoms. The van der Waals surface area contributed by atoms with Crippen LogP contribution >= 0.6 is 0 Å². The SMILES string of the molecule is Cc1nc(N2CCN(Cc3ccc4c(c3)OCO4)CC2)[nH]c(=O)c1Cc1cccc2ccccc12. The number of nitrogens with zero attached hydrogens (tertiary/aromatic N) is 3. The van der Waals surface area contributed by atoms with Gasteiger partial charge in [-0.15, -0.1) is 0 Å². The standard InChI is InChI=1S/C28H28N4O3/c1-19-24(16-22-7-4-6-21-5-2-3-8-23(21)22)27(33)30-28(29-19)32-13-11-31(12-14-32)17-20-9-10-25-26(15-20)35-18-34-25/h2-10,15H,11-14,16-18H2,1H3,(H,29,30,33). The third-order valence-electron chi connectivity index (χ3n) is 6.97. The van der Waals surface area contributed by atoms with Crippen molar-refractivity contribution in [1.82, 2.24) is 14.9 Å². The number of piperazine rings is 1. The number of fused-ring (bicyclic) bond motifs is 2. The number of hydrogen-bond acceptors (Lipinski definition) is 6. The van der Waals surface area contributed by atoms with Crippen LogP contribution < -0.4 is 19.9 Å². The van der Waals surface area contributed by atoms with Crippen LogP contribution in [0.3, 0.4) is 0 Å². The van der Waals surface area contributed by atoms with Crippen LogP contribution in [-0.2, 0) is 13.0 Å². The van der Waals surface area contributed by atoms with E-state index in [4.69, 9.17) is 14.5 Å². The summed E-state index contributed by atoms with van der Waals surface area (Å²) in [4.78, 5) is 25.5. The number of aromatic nitrogens is 2. The molecule has 4 aromatic rings. The van der Waals surface area contributed by atoms with Crippen LogP contribution in [0, 0.1) is 6.92 Å². The first kappa shape index (κ1) is 21.7. The summed E-state index contributed by atoms with van der Waals surface area (Å²) in [6.07, 6.45) is 0.569. The Labute approximate surface area is 203 Å². The van der Waals surface area contributed by atoms with Crippen LogP contribution in [0.5, 0.6) is 11.5 Å². The molecule has 35 heavy (non-hydrogen) atoms. The monoisotopic (exact) mass is 468 g/mol. The molecule has 2 aliphatic heterocycles.